The molecule has 11 heteroatoms. The quantitative estimate of drug-likeness (QED) is 0.451. The lowest BCUT2D eigenvalue weighted by molar-refractivity contribution is -0.140. The molecule has 0 bridgehead atoms. The lowest BCUT2D eigenvalue weighted by Crippen LogP contribution is -2.52. The van der Waals surface area contributed by atoms with Crippen molar-refractivity contribution in [3.05, 3.63) is 63.9 Å². The van der Waals surface area contributed by atoms with E-state index in [-0.39, 0.29) is 34.1 Å². The molecule has 0 aromatic heterocycles. The van der Waals surface area contributed by atoms with Crippen LogP contribution in [0.1, 0.15) is 32.8 Å². The van der Waals surface area contributed by atoms with Gasteiger partial charge in [-0.1, -0.05) is 56.1 Å². The third-order valence-corrected chi connectivity index (χ3v) is 7.09. The molecule has 0 radical (unpaired) electrons. The topological polar surface area (TPSA) is 86.8 Å². The third kappa shape index (κ3) is 8.37. The molecular formula is C24H30Cl2FN3O4S. The van der Waals surface area contributed by atoms with E-state index < -0.39 is 34.3 Å². The van der Waals surface area contributed by atoms with Gasteiger partial charge in [0, 0.05) is 13.1 Å². The minimum Gasteiger partial charge on any atom is -0.354 e. The summed E-state index contributed by atoms with van der Waals surface area (Å²) in [6.45, 7) is 5.51. The van der Waals surface area contributed by atoms with Gasteiger partial charge in [0.05, 0.1) is 22.0 Å². The number of hydrogen-bond donors (Lipinski definition) is 1. The zero-order valence-corrected chi connectivity index (χ0v) is 22.4. The van der Waals surface area contributed by atoms with Crippen molar-refractivity contribution in [3.63, 3.8) is 0 Å². The van der Waals surface area contributed by atoms with Crippen molar-refractivity contribution < 1.29 is 22.4 Å². The molecule has 1 N–H and O–H groups in total. The van der Waals surface area contributed by atoms with Crippen molar-refractivity contribution in [2.24, 2.45) is 5.92 Å². The second-order valence-electron chi connectivity index (χ2n) is 8.58. The van der Waals surface area contributed by atoms with Crippen molar-refractivity contribution >= 4 is 50.7 Å². The Kier molecular flexibility index (Phi) is 10.4. The maximum atomic E-state index is 13.5. The summed E-state index contributed by atoms with van der Waals surface area (Å²) in [4.78, 5) is 27.8. The van der Waals surface area contributed by atoms with Gasteiger partial charge in [-0.15, -0.1) is 0 Å². The lowest BCUT2D eigenvalue weighted by Gasteiger charge is -2.33. The average molecular weight is 546 g/mol. The molecule has 35 heavy (non-hydrogen) atoms. The summed E-state index contributed by atoms with van der Waals surface area (Å²) in [7, 11) is -3.89. The van der Waals surface area contributed by atoms with Crippen LogP contribution in [0.5, 0.6) is 0 Å². The highest BCUT2D eigenvalue weighted by atomic mass is 35.5. The van der Waals surface area contributed by atoms with Crippen molar-refractivity contribution in [2.45, 2.75) is 39.8 Å². The molecule has 2 amide bonds. The van der Waals surface area contributed by atoms with E-state index in [0.29, 0.717) is 18.5 Å². The van der Waals surface area contributed by atoms with Crippen LogP contribution in [-0.4, -0.2) is 50.5 Å². The predicted molar refractivity (Wildman–Crippen MR) is 138 cm³/mol. The van der Waals surface area contributed by atoms with Gasteiger partial charge in [-0.2, -0.15) is 0 Å². The normalized spacial score (nSPS) is 12.3. The van der Waals surface area contributed by atoms with E-state index in [1.54, 1.807) is 6.92 Å². The Labute approximate surface area is 216 Å². The Bertz CT molecular complexity index is 1140. The summed E-state index contributed by atoms with van der Waals surface area (Å²) >= 11 is 12.0. The van der Waals surface area contributed by atoms with Crippen molar-refractivity contribution in [1.29, 1.82) is 0 Å². The van der Waals surface area contributed by atoms with Crippen LogP contribution in [0.3, 0.4) is 0 Å². The molecule has 192 valence electrons. The summed E-state index contributed by atoms with van der Waals surface area (Å²) in [5.74, 6) is -1.18. The number of carbonyl (C=O) groups is 2. The van der Waals surface area contributed by atoms with Gasteiger partial charge in [-0.25, -0.2) is 12.8 Å². The van der Waals surface area contributed by atoms with Gasteiger partial charge in [-0.3, -0.25) is 13.9 Å². The van der Waals surface area contributed by atoms with Crippen LogP contribution in [0.25, 0.3) is 0 Å². The summed E-state index contributed by atoms with van der Waals surface area (Å²) in [6, 6.07) is 8.93. The average Bonchev–Trinajstić information content (AvgIpc) is 2.78. The Morgan fingerprint density at radius 2 is 1.69 bits per heavy atom. The Balaban J connectivity index is 2.43. The van der Waals surface area contributed by atoms with Gasteiger partial charge >= 0.3 is 0 Å². The highest BCUT2D eigenvalue weighted by Gasteiger charge is 2.31. The molecule has 0 heterocycles. The monoisotopic (exact) mass is 545 g/mol. The number of amides is 2. The molecule has 2 aromatic rings. The first kappa shape index (κ1) is 28.9. The standard InChI is InChI=1S/C24H30Cl2FN3O4S/c1-5-22(24(32)28-13-16(2)3)29(14-17-6-8-18(27)9-7-17)23(31)15-30(35(4,33)34)19-10-11-20(25)21(26)12-19/h6-12,16,22H,5,13-15H2,1-4H3,(H,28,32)/t22-/m0/s1. The van der Waals surface area contributed by atoms with Gasteiger partial charge in [0.15, 0.2) is 0 Å². The molecule has 0 aliphatic carbocycles. The van der Waals surface area contributed by atoms with Crippen LogP contribution in [0, 0.1) is 11.7 Å². The first-order chi connectivity index (χ1) is 16.3. The fourth-order valence-corrected chi connectivity index (χ4v) is 4.52. The molecule has 7 nitrogen and oxygen atoms in total. The fourth-order valence-electron chi connectivity index (χ4n) is 3.38. The molecule has 0 saturated carbocycles. The maximum Gasteiger partial charge on any atom is 0.244 e. The van der Waals surface area contributed by atoms with Crippen molar-refractivity contribution in [1.82, 2.24) is 10.2 Å². The molecule has 2 aromatic carbocycles. The number of anilines is 1. The first-order valence-corrected chi connectivity index (χ1v) is 13.7. The van der Waals surface area contributed by atoms with Crippen molar-refractivity contribution in [2.75, 3.05) is 23.7 Å². The predicted octanol–water partition coefficient (Wildman–Crippen LogP) is 4.48. The van der Waals surface area contributed by atoms with Gasteiger partial charge in [0.25, 0.3) is 0 Å². The number of carbonyl (C=O) groups excluding carboxylic acids is 2. The van der Waals surface area contributed by atoms with Crippen molar-refractivity contribution in [3.8, 4) is 0 Å². The highest BCUT2D eigenvalue weighted by molar-refractivity contribution is 7.92. The summed E-state index contributed by atoms with van der Waals surface area (Å²) in [5.41, 5.74) is 0.754. The molecule has 2 rings (SSSR count). The van der Waals surface area contributed by atoms with E-state index in [0.717, 1.165) is 10.6 Å². The molecule has 0 aliphatic rings. The zero-order valence-electron chi connectivity index (χ0n) is 20.1. The summed E-state index contributed by atoms with van der Waals surface area (Å²) < 4.78 is 39.5. The molecule has 0 spiro atoms. The number of hydrogen-bond acceptors (Lipinski definition) is 4. The van der Waals surface area contributed by atoms with E-state index in [1.165, 1.54) is 47.4 Å². The zero-order chi connectivity index (χ0) is 26.3. The van der Waals surface area contributed by atoms with Crippen LogP contribution in [-0.2, 0) is 26.2 Å². The van der Waals surface area contributed by atoms with Crippen LogP contribution < -0.4 is 9.62 Å². The van der Waals surface area contributed by atoms with Crippen LogP contribution in [0.4, 0.5) is 10.1 Å². The first-order valence-electron chi connectivity index (χ1n) is 11.1. The van der Waals surface area contributed by atoms with Crippen LogP contribution in [0.2, 0.25) is 10.0 Å². The maximum absolute atomic E-state index is 13.5. The molecule has 0 fully saturated rings. The van der Waals surface area contributed by atoms with Gasteiger partial charge in [0.1, 0.15) is 18.4 Å². The summed E-state index contributed by atoms with van der Waals surface area (Å²) in [6.07, 6.45) is 1.27. The molecule has 1 atom stereocenters. The number of halogens is 3. The molecule has 0 aliphatic heterocycles. The minimum atomic E-state index is -3.89. The second kappa shape index (κ2) is 12.6. The molecule has 0 saturated heterocycles. The van der Waals surface area contributed by atoms with Crippen LogP contribution in [0.15, 0.2) is 42.5 Å². The number of benzene rings is 2. The smallest absolute Gasteiger partial charge is 0.244 e. The van der Waals surface area contributed by atoms with Gasteiger partial charge in [-0.05, 0) is 48.2 Å². The second-order valence-corrected chi connectivity index (χ2v) is 11.3. The lowest BCUT2D eigenvalue weighted by atomic mass is 10.1. The largest absolute Gasteiger partial charge is 0.354 e. The Morgan fingerprint density at radius 1 is 1.06 bits per heavy atom. The van der Waals surface area contributed by atoms with E-state index >= 15 is 0 Å². The molecule has 0 unspecified atom stereocenters. The number of nitrogens with zero attached hydrogens (tertiary/aromatic N) is 2. The number of sulfonamides is 1. The third-order valence-electron chi connectivity index (χ3n) is 5.21. The van der Waals surface area contributed by atoms with E-state index in [4.69, 9.17) is 23.2 Å². The molecular weight excluding hydrogens is 516 g/mol. The van der Waals surface area contributed by atoms with E-state index in [9.17, 15) is 22.4 Å². The Hall–Kier alpha value is -2.36. The summed E-state index contributed by atoms with van der Waals surface area (Å²) in [5, 5.41) is 3.20. The highest BCUT2D eigenvalue weighted by Crippen LogP contribution is 2.28. The number of rotatable bonds is 11. The van der Waals surface area contributed by atoms with Gasteiger partial charge < -0.3 is 10.2 Å². The fraction of sp³-hybridized carbons (Fsp3) is 0.417. The van der Waals surface area contributed by atoms with E-state index in [1.807, 2.05) is 13.8 Å². The number of nitrogens with one attached hydrogen (secondary N) is 1. The minimum absolute atomic E-state index is 0.00824. The SMILES string of the molecule is CC[C@@H](C(=O)NCC(C)C)N(Cc1ccc(F)cc1)C(=O)CN(c1ccc(Cl)c(Cl)c1)S(C)(=O)=O. The van der Waals surface area contributed by atoms with Gasteiger partial charge in [0.2, 0.25) is 21.8 Å². The van der Waals surface area contributed by atoms with Crippen LogP contribution >= 0.6 is 23.2 Å². The van der Waals surface area contributed by atoms with E-state index in [2.05, 4.69) is 5.32 Å². The Morgan fingerprint density at radius 3 is 2.20 bits per heavy atom.